The number of carbonyl (C=O) groups is 2. The van der Waals surface area contributed by atoms with E-state index >= 15 is 0 Å². The van der Waals surface area contributed by atoms with Crippen LogP contribution < -0.4 is 10.1 Å². The van der Waals surface area contributed by atoms with Gasteiger partial charge in [-0.1, -0.05) is 11.2 Å². The van der Waals surface area contributed by atoms with E-state index < -0.39 is 17.6 Å². The Hall–Kier alpha value is -2.83. The number of nitrogens with one attached hydrogen (secondary N) is 1. The highest BCUT2D eigenvalue weighted by atomic mass is 16.5. The molecule has 0 saturated carbocycles. The number of hydrogen-bond acceptors (Lipinski definition) is 5. The van der Waals surface area contributed by atoms with E-state index in [9.17, 15) is 9.59 Å². The molecule has 0 spiro atoms. The van der Waals surface area contributed by atoms with Crippen LogP contribution in [0, 0.1) is 0 Å². The molecule has 0 fully saturated rings. The highest BCUT2D eigenvalue weighted by Gasteiger charge is 2.16. The van der Waals surface area contributed by atoms with Crippen molar-refractivity contribution in [2.45, 2.75) is 6.92 Å². The molecule has 1 amide bonds. The zero-order valence-corrected chi connectivity index (χ0v) is 10.6. The first-order valence-corrected chi connectivity index (χ1v) is 5.84. The smallest absolute Gasteiger partial charge is 0.374 e. The molecule has 1 aromatic carbocycles. The Balaban J connectivity index is 2.10. The molecule has 20 heavy (non-hydrogen) atoms. The molecule has 0 aliphatic carbocycles. The van der Waals surface area contributed by atoms with Gasteiger partial charge in [0.25, 0.3) is 5.91 Å². The summed E-state index contributed by atoms with van der Waals surface area (Å²) < 4.78 is 9.82. The number of carboxylic acid groups (broad SMARTS) is 1. The first kappa shape index (κ1) is 13.6. The molecule has 0 saturated heterocycles. The van der Waals surface area contributed by atoms with E-state index in [1.54, 1.807) is 24.3 Å². The zero-order valence-electron chi connectivity index (χ0n) is 10.6. The van der Waals surface area contributed by atoms with E-state index in [1.807, 2.05) is 6.92 Å². The Labute approximate surface area is 114 Å². The number of nitrogens with zero attached hydrogens (tertiary/aromatic N) is 1. The van der Waals surface area contributed by atoms with Crippen LogP contribution in [0.15, 0.2) is 34.9 Å². The molecule has 104 valence electrons. The van der Waals surface area contributed by atoms with Crippen LogP contribution >= 0.6 is 0 Å². The van der Waals surface area contributed by atoms with Gasteiger partial charge in [-0.3, -0.25) is 4.79 Å². The second-order valence-electron chi connectivity index (χ2n) is 3.80. The van der Waals surface area contributed by atoms with Crippen molar-refractivity contribution < 1.29 is 24.0 Å². The van der Waals surface area contributed by atoms with Crippen molar-refractivity contribution in [3.63, 3.8) is 0 Å². The van der Waals surface area contributed by atoms with Crippen molar-refractivity contribution in [1.82, 2.24) is 5.16 Å². The number of aromatic carboxylic acids is 1. The maximum atomic E-state index is 11.9. The third-order valence-electron chi connectivity index (χ3n) is 2.36. The highest BCUT2D eigenvalue weighted by molar-refractivity contribution is 6.03. The Bertz CT molecular complexity index is 635. The van der Waals surface area contributed by atoms with Gasteiger partial charge in [-0.15, -0.1) is 0 Å². The summed E-state index contributed by atoms with van der Waals surface area (Å²) in [5.41, 5.74) is 0.407. The molecule has 0 atom stereocenters. The summed E-state index contributed by atoms with van der Waals surface area (Å²) in [6, 6.07) is 7.88. The Kier molecular flexibility index (Phi) is 3.99. The summed E-state index contributed by atoms with van der Waals surface area (Å²) in [6.07, 6.45) is 0. The average molecular weight is 276 g/mol. The lowest BCUT2D eigenvalue weighted by molar-refractivity contribution is 0.0651. The Morgan fingerprint density at radius 2 is 2.20 bits per heavy atom. The molecule has 0 radical (unpaired) electrons. The predicted molar refractivity (Wildman–Crippen MR) is 69.0 cm³/mol. The van der Waals surface area contributed by atoms with E-state index in [4.69, 9.17) is 9.84 Å². The van der Waals surface area contributed by atoms with Gasteiger partial charge in [-0.2, -0.15) is 0 Å². The lowest BCUT2D eigenvalue weighted by Gasteiger charge is -2.06. The van der Waals surface area contributed by atoms with Gasteiger partial charge in [-0.25, -0.2) is 4.79 Å². The standard InChI is InChI=1S/C13H12N2O5/c1-2-19-9-5-3-4-8(6-9)14-12(16)10-7-11(13(17)18)20-15-10/h3-7H,2H2,1H3,(H,14,16)(H,17,18). The molecular formula is C13H12N2O5. The number of anilines is 1. The number of hydrogen-bond donors (Lipinski definition) is 2. The van der Waals surface area contributed by atoms with E-state index in [-0.39, 0.29) is 5.69 Å². The molecule has 2 N–H and O–H groups in total. The minimum absolute atomic E-state index is 0.107. The second kappa shape index (κ2) is 5.87. The third-order valence-corrected chi connectivity index (χ3v) is 2.36. The van der Waals surface area contributed by atoms with E-state index in [1.165, 1.54) is 0 Å². The van der Waals surface area contributed by atoms with Crippen LogP contribution in [0.5, 0.6) is 5.75 Å². The molecule has 0 bridgehead atoms. The third kappa shape index (κ3) is 3.14. The van der Waals surface area contributed by atoms with E-state index in [2.05, 4.69) is 15.0 Å². The first-order valence-electron chi connectivity index (χ1n) is 5.84. The molecule has 1 aromatic heterocycles. The summed E-state index contributed by atoms with van der Waals surface area (Å²) in [6.45, 7) is 2.37. The summed E-state index contributed by atoms with van der Waals surface area (Å²) in [5, 5.41) is 14.7. The molecule has 2 aromatic rings. The van der Waals surface area contributed by atoms with Crippen molar-refractivity contribution in [2.24, 2.45) is 0 Å². The molecule has 0 aliphatic heterocycles. The fourth-order valence-electron chi connectivity index (χ4n) is 1.51. The lowest BCUT2D eigenvalue weighted by Crippen LogP contribution is -2.12. The summed E-state index contributed by atoms with van der Waals surface area (Å²) in [4.78, 5) is 22.5. The molecule has 0 aliphatic rings. The van der Waals surface area contributed by atoms with E-state index in [0.717, 1.165) is 6.07 Å². The normalized spacial score (nSPS) is 10.1. The number of rotatable bonds is 5. The summed E-state index contributed by atoms with van der Waals surface area (Å²) in [7, 11) is 0. The van der Waals surface area contributed by atoms with Crippen molar-refractivity contribution in [2.75, 3.05) is 11.9 Å². The minimum Gasteiger partial charge on any atom is -0.494 e. The van der Waals surface area contributed by atoms with Gasteiger partial charge in [-0.05, 0) is 19.1 Å². The van der Waals surface area contributed by atoms with Crippen LogP contribution in [0.4, 0.5) is 5.69 Å². The van der Waals surface area contributed by atoms with Crippen LogP contribution in [0.25, 0.3) is 0 Å². The molecule has 0 unspecified atom stereocenters. The van der Waals surface area contributed by atoms with Gasteiger partial charge < -0.3 is 19.7 Å². The van der Waals surface area contributed by atoms with E-state index in [0.29, 0.717) is 18.0 Å². The summed E-state index contributed by atoms with van der Waals surface area (Å²) >= 11 is 0. The SMILES string of the molecule is CCOc1cccc(NC(=O)c2cc(C(=O)O)on2)c1. The number of aromatic nitrogens is 1. The van der Waals surface area contributed by atoms with Crippen LogP contribution in [-0.4, -0.2) is 28.7 Å². The van der Waals surface area contributed by atoms with Crippen LogP contribution in [0.2, 0.25) is 0 Å². The van der Waals surface area contributed by atoms with Crippen molar-refractivity contribution in [1.29, 1.82) is 0 Å². The predicted octanol–water partition coefficient (Wildman–Crippen LogP) is 2.02. The van der Waals surface area contributed by atoms with Gasteiger partial charge >= 0.3 is 5.97 Å². The quantitative estimate of drug-likeness (QED) is 0.866. The minimum atomic E-state index is -1.28. The van der Waals surface area contributed by atoms with Gasteiger partial charge in [0.05, 0.1) is 6.61 Å². The topological polar surface area (TPSA) is 102 Å². The number of benzene rings is 1. The van der Waals surface area contributed by atoms with Crippen molar-refractivity contribution in [3.05, 3.63) is 41.8 Å². The molecule has 7 heteroatoms. The maximum absolute atomic E-state index is 11.9. The zero-order chi connectivity index (χ0) is 14.5. The van der Waals surface area contributed by atoms with Crippen LogP contribution in [0.3, 0.4) is 0 Å². The number of amides is 1. The first-order chi connectivity index (χ1) is 9.60. The lowest BCUT2D eigenvalue weighted by atomic mass is 10.3. The van der Waals surface area contributed by atoms with Gasteiger partial charge in [0.1, 0.15) is 5.75 Å². The highest BCUT2D eigenvalue weighted by Crippen LogP contribution is 2.18. The summed E-state index contributed by atoms with van der Waals surface area (Å²) in [5.74, 6) is -1.61. The number of carbonyl (C=O) groups excluding carboxylic acids is 1. The molecule has 1 heterocycles. The Morgan fingerprint density at radius 1 is 1.40 bits per heavy atom. The fourth-order valence-corrected chi connectivity index (χ4v) is 1.51. The van der Waals surface area contributed by atoms with Gasteiger partial charge in [0.2, 0.25) is 5.76 Å². The number of carboxylic acids is 1. The number of ether oxygens (including phenoxy) is 1. The molecular weight excluding hydrogens is 264 g/mol. The monoisotopic (exact) mass is 276 g/mol. The second-order valence-corrected chi connectivity index (χ2v) is 3.80. The van der Waals surface area contributed by atoms with Gasteiger partial charge in [0.15, 0.2) is 5.69 Å². The van der Waals surface area contributed by atoms with Gasteiger partial charge in [0, 0.05) is 17.8 Å². The molecule has 7 nitrogen and oxygen atoms in total. The average Bonchev–Trinajstić information content (AvgIpc) is 2.89. The van der Waals surface area contributed by atoms with Crippen molar-refractivity contribution in [3.8, 4) is 5.75 Å². The van der Waals surface area contributed by atoms with Crippen LogP contribution in [0.1, 0.15) is 28.0 Å². The van der Waals surface area contributed by atoms with Crippen LogP contribution in [-0.2, 0) is 0 Å². The maximum Gasteiger partial charge on any atom is 0.374 e. The molecule has 2 rings (SSSR count). The van der Waals surface area contributed by atoms with Crippen molar-refractivity contribution >= 4 is 17.6 Å². The largest absolute Gasteiger partial charge is 0.494 e. The Morgan fingerprint density at radius 3 is 2.85 bits per heavy atom. The fraction of sp³-hybridized carbons (Fsp3) is 0.154.